The van der Waals surface area contributed by atoms with E-state index in [9.17, 15) is 4.39 Å². The highest BCUT2D eigenvalue weighted by molar-refractivity contribution is 14.0. The molecule has 1 aliphatic carbocycles. The molecule has 0 amide bonds. The minimum absolute atomic E-state index is 0. The summed E-state index contributed by atoms with van der Waals surface area (Å²) in [7, 11) is 1.69. The molecule has 2 aromatic rings. The van der Waals surface area contributed by atoms with E-state index in [-0.39, 0.29) is 41.8 Å². The molecule has 2 N–H and O–H groups in total. The van der Waals surface area contributed by atoms with E-state index in [1.54, 1.807) is 13.1 Å². The van der Waals surface area contributed by atoms with Crippen LogP contribution in [0.2, 0.25) is 0 Å². The van der Waals surface area contributed by atoms with Crippen molar-refractivity contribution in [2.45, 2.75) is 24.8 Å². The Morgan fingerprint density at radius 3 is 2.63 bits per heavy atom. The number of rotatable bonds is 5. The molecule has 27 heavy (non-hydrogen) atoms. The lowest BCUT2D eigenvalue weighted by atomic mass is 9.96. The van der Waals surface area contributed by atoms with Crippen LogP contribution in [0.25, 0.3) is 0 Å². The first-order chi connectivity index (χ1) is 12.6. The molecule has 0 bridgehead atoms. The van der Waals surface area contributed by atoms with Gasteiger partial charge in [0.2, 0.25) is 0 Å². The number of hydrogen-bond acceptors (Lipinski definition) is 2. The molecular formula is C20H21BrFIN4. The van der Waals surface area contributed by atoms with Crippen molar-refractivity contribution >= 4 is 45.9 Å². The summed E-state index contributed by atoms with van der Waals surface area (Å²) in [6.45, 7) is 1.03. The third-order valence-electron chi connectivity index (χ3n) is 4.74. The van der Waals surface area contributed by atoms with E-state index in [1.807, 2.05) is 12.1 Å². The van der Waals surface area contributed by atoms with Gasteiger partial charge in [-0.15, -0.1) is 24.0 Å². The van der Waals surface area contributed by atoms with Crippen molar-refractivity contribution in [3.63, 3.8) is 0 Å². The topological polar surface area (TPSA) is 60.2 Å². The SMILES string of the molecule is CN=C(NCc1cc(C#N)ccc1F)NCC1(c2ccccc2Br)CC1.I. The molecule has 0 unspecified atom stereocenters. The molecule has 0 saturated heterocycles. The summed E-state index contributed by atoms with van der Waals surface area (Å²) >= 11 is 3.64. The van der Waals surface area contributed by atoms with E-state index in [2.05, 4.69) is 49.8 Å². The van der Waals surface area contributed by atoms with E-state index in [0.29, 0.717) is 17.1 Å². The van der Waals surface area contributed by atoms with Crippen LogP contribution in [0.3, 0.4) is 0 Å². The van der Waals surface area contributed by atoms with Gasteiger partial charge in [-0.1, -0.05) is 34.1 Å². The molecule has 0 spiro atoms. The highest BCUT2D eigenvalue weighted by Gasteiger charge is 2.45. The van der Waals surface area contributed by atoms with E-state index in [0.717, 1.165) is 23.9 Å². The molecule has 1 aliphatic rings. The van der Waals surface area contributed by atoms with Gasteiger partial charge in [-0.3, -0.25) is 4.99 Å². The first kappa shape index (κ1) is 21.6. The summed E-state index contributed by atoms with van der Waals surface area (Å²) in [5.41, 5.74) is 2.30. The molecular weight excluding hydrogens is 522 g/mol. The Labute approximate surface area is 184 Å². The Bertz CT molecular complexity index is 875. The number of nitrogens with one attached hydrogen (secondary N) is 2. The lowest BCUT2D eigenvalue weighted by Crippen LogP contribution is -2.41. The average Bonchev–Trinajstić information content (AvgIpc) is 3.44. The molecule has 0 radical (unpaired) electrons. The Morgan fingerprint density at radius 1 is 1.26 bits per heavy atom. The maximum absolute atomic E-state index is 13.9. The van der Waals surface area contributed by atoms with Crippen molar-refractivity contribution in [3.8, 4) is 6.07 Å². The van der Waals surface area contributed by atoms with Crippen LogP contribution in [0.4, 0.5) is 4.39 Å². The normalized spacial score (nSPS) is 14.7. The van der Waals surface area contributed by atoms with Gasteiger partial charge in [0.05, 0.1) is 11.6 Å². The molecule has 142 valence electrons. The summed E-state index contributed by atoms with van der Waals surface area (Å²) in [5, 5.41) is 15.4. The third kappa shape index (κ3) is 5.20. The monoisotopic (exact) mass is 542 g/mol. The number of aliphatic imine (C=N–C) groups is 1. The molecule has 1 fully saturated rings. The first-order valence-electron chi connectivity index (χ1n) is 8.46. The van der Waals surface area contributed by atoms with Crippen LogP contribution < -0.4 is 10.6 Å². The van der Waals surface area contributed by atoms with Crippen LogP contribution in [0.5, 0.6) is 0 Å². The molecule has 7 heteroatoms. The molecule has 2 aromatic carbocycles. The summed E-state index contributed by atoms with van der Waals surface area (Å²) in [4.78, 5) is 4.22. The molecule has 0 aromatic heterocycles. The number of guanidine groups is 1. The van der Waals surface area contributed by atoms with Gasteiger partial charge in [-0.05, 0) is 42.7 Å². The second-order valence-corrected chi connectivity index (χ2v) is 7.31. The Kier molecular flexibility index (Phi) is 7.62. The molecule has 3 rings (SSSR count). The van der Waals surface area contributed by atoms with Crippen molar-refractivity contribution in [2.24, 2.45) is 4.99 Å². The smallest absolute Gasteiger partial charge is 0.191 e. The van der Waals surface area contributed by atoms with Crippen molar-refractivity contribution in [1.29, 1.82) is 5.26 Å². The van der Waals surface area contributed by atoms with Crippen LogP contribution in [-0.4, -0.2) is 19.6 Å². The van der Waals surface area contributed by atoms with Crippen LogP contribution in [-0.2, 0) is 12.0 Å². The zero-order valence-corrected chi connectivity index (χ0v) is 18.8. The van der Waals surface area contributed by atoms with Crippen LogP contribution in [0, 0.1) is 17.1 Å². The molecule has 4 nitrogen and oxygen atoms in total. The minimum Gasteiger partial charge on any atom is -0.356 e. The minimum atomic E-state index is -0.334. The summed E-state index contributed by atoms with van der Waals surface area (Å²) < 4.78 is 15.0. The fourth-order valence-corrected chi connectivity index (χ4v) is 3.72. The lowest BCUT2D eigenvalue weighted by Gasteiger charge is -2.20. The number of nitriles is 1. The number of benzene rings is 2. The van der Waals surface area contributed by atoms with Crippen molar-refractivity contribution in [2.75, 3.05) is 13.6 Å². The summed E-state index contributed by atoms with van der Waals surface area (Å²) in [6, 6.07) is 14.7. The second kappa shape index (κ2) is 9.51. The number of hydrogen-bond donors (Lipinski definition) is 2. The zero-order valence-electron chi connectivity index (χ0n) is 14.9. The predicted octanol–water partition coefficient (Wildman–Crippen LogP) is 4.47. The highest BCUT2D eigenvalue weighted by atomic mass is 127. The molecule has 1 saturated carbocycles. The van der Waals surface area contributed by atoms with E-state index >= 15 is 0 Å². The zero-order chi connectivity index (χ0) is 18.6. The Morgan fingerprint density at radius 2 is 2.00 bits per heavy atom. The fraction of sp³-hybridized carbons (Fsp3) is 0.300. The standard InChI is InChI=1S/C20H20BrFN4.HI/c1-24-19(25-12-15-10-14(11-23)6-7-18(15)22)26-13-20(8-9-20)16-4-2-3-5-17(16)21;/h2-7,10H,8-9,12-13H2,1H3,(H2,24,25,26);1H. The Hall–Kier alpha value is -1.66. The number of halogens is 3. The van der Waals surface area contributed by atoms with Gasteiger partial charge in [0.1, 0.15) is 5.82 Å². The van der Waals surface area contributed by atoms with Gasteiger partial charge in [0, 0.05) is 35.6 Å². The van der Waals surface area contributed by atoms with E-state index in [1.165, 1.54) is 17.7 Å². The molecule has 0 aliphatic heterocycles. The van der Waals surface area contributed by atoms with Gasteiger partial charge in [-0.25, -0.2) is 4.39 Å². The van der Waals surface area contributed by atoms with Crippen molar-refractivity contribution < 1.29 is 4.39 Å². The summed E-state index contributed by atoms with van der Waals surface area (Å²) in [5.74, 6) is 0.281. The van der Waals surface area contributed by atoms with Gasteiger partial charge in [0.25, 0.3) is 0 Å². The maximum Gasteiger partial charge on any atom is 0.191 e. The summed E-state index contributed by atoms with van der Waals surface area (Å²) in [6.07, 6.45) is 2.25. The fourth-order valence-electron chi connectivity index (χ4n) is 3.02. The second-order valence-electron chi connectivity index (χ2n) is 6.46. The van der Waals surface area contributed by atoms with Crippen LogP contribution in [0.1, 0.15) is 29.5 Å². The van der Waals surface area contributed by atoms with Crippen molar-refractivity contribution in [3.05, 3.63) is 69.4 Å². The van der Waals surface area contributed by atoms with Crippen molar-refractivity contribution in [1.82, 2.24) is 10.6 Å². The highest BCUT2D eigenvalue weighted by Crippen LogP contribution is 2.49. The lowest BCUT2D eigenvalue weighted by molar-refractivity contribution is 0.601. The molecule has 0 heterocycles. The average molecular weight is 543 g/mol. The van der Waals surface area contributed by atoms with Gasteiger partial charge in [0.15, 0.2) is 5.96 Å². The first-order valence-corrected chi connectivity index (χ1v) is 9.25. The van der Waals surface area contributed by atoms with E-state index in [4.69, 9.17) is 5.26 Å². The Balaban J connectivity index is 0.00000261. The largest absolute Gasteiger partial charge is 0.356 e. The maximum atomic E-state index is 13.9. The van der Waals surface area contributed by atoms with Gasteiger partial charge in [-0.2, -0.15) is 5.26 Å². The predicted molar refractivity (Wildman–Crippen MR) is 120 cm³/mol. The van der Waals surface area contributed by atoms with Crippen LogP contribution >= 0.6 is 39.9 Å². The van der Waals surface area contributed by atoms with Gasteiger partial charge < -0.3 is 10.6 Å². The molecule has 0 atom stereocenters. The quantitative estimate of drug-likeness (QED) is 0.333. The number of nitrogens with zero attached hydrogens (tertiary/aromatic N) is 2. The van der Waals surface area contributed by atoms with Crippen LogP contribution in [0.15, 0.2) is 51.9 Å². The van der Waals surface area contributed by atoms with E-state index < -0.39 is 0 Å². The third-order valence-corrected chi connectivity index (χ3v) is 5.43. The van der Waals surface area contributed by atoms with Gasteiger partial charge >= 0.3 is 0 Å².